The third-order valence-corrected chi connectivity index (χ3v) is 4.36. The third-order valence-electron chi connectivity index (χ3n) is 4.36. The average Bonchev–Trinajstić information content (AvgIpc) is 2.61. The standard InChI is InChI=1S/C20H23NO5/c1-11-6-7-14(8-12(11)2)18(20(23)24)21-19(22)15-10-17(26-5)16(25-4)9-13(15)3/h6-10,18H,1-5H3,(H,21,22)(H,23,24). The van der Waals surface area contributed by atoms with Crippen molar-refractivity contribution in [3.8, 4) is 11.5 Å². The smallest absolute Gasteiger partial charge is 0.330 e. The molecule has 0 spiro atoms. The van der Waals surface area contributed by atoms with E-state index < -0.39 is 17.9 Å². The number of carboxylic acid groups (broad SMARTS) is 1. The lowest BCUT2D eigenvalue weighted by Gasteiger charge is -2.18. The van der Waals surface area contributed by atoms with Crippen LogP contribution >= 0.6 is 0 Å². The number of benzene rings is 2. The molecule has 6 nitrogen and oxygen atoms in total. The lowest BCUT2D eigenvalue weighted by atomic mass is 10.00. The summed E-state index contributed by atoms with van der Waals surface area (Å²) in [4.78, 5) is 24.4. The van der Waals surface area contributed by atoms with E-state index in [4.69, 9.17) is 9.47 Å². The van der Waals surface area contributed by atoms with E-state index in [1.165, 1.54) is 14.2 Å². The molecule has 0 aliphatic rings. The molecule has 1 amide bonds. The first-order valence-electron chi connectivity index (χ1n) is 8.12. The fourth-order valence-electron chi connectivity index (χ4n) is 2.67. The van der Waals surface area contributed by atoms with Gasteiger partial charge in [-0.1, -0.05) is 18.2 Å². The Kier molecular flexibility index (Phi) is 5.87. The first-order valence-corrected chi connectivity index (χ1v) is 8.12. The van der Waals surface area contributed by atoms with Crippen molar-refractivity contribution in [1.29, 1.82) is 0 Å². The van der Waals surface area contributed by atoms with Crippen molar-refractivity contribution in [1.82, 2.24) is 5.32 Å². The number of rotatable bonds is 6. The van der Waals surface area contributed by atoms with Gasteiger partial charge in [0.15, 0.2) is 17.5 Å². The summed E-state index contributed by atoms with van der Waals surface area (Å²) < 4.78 is 10.4. The summed E-state index contributed by atoms with van der Waals surface area (Å²) in [5.74, 6) is -0.708. The molecule has 2 aromatic carbocycles. The number of carboxylic acids is 1. The fourth-order valence-corrected chi connectivity index (χ4v) is 2.67. The summed E-state index contributed by atoms with van der Waals surface area (Å²) >= 11 is 0. The van der Waals surface area contributed by atoms with Gasteiger partial charge >= 0.3 is 5.97 Å². The topological polar surface area (TPSA) is 84.9 Å². The van der Waals surface area contributed by atoms with Crippen molar-refractivity contribution in [2.75, 3.05) is 14.2 Å². The maximum atomic E-state index is 12.7. The van der Waals surface area contributed by atoms with Crippen molar-refractivity contribution in [3.63, 3.8) is 0 Å². The first kappa shape index (κ1) is 19.3. The molecule has 0 fully saturated rings. The Bertz CT molecular complexity index is 844. The fraction of sp³-hybridized carbons (Fsp3) is 0.300. The van der Waals surface area contributed by atoms with Crippen molar-refractivity contribution < 1.29 is 24.2 Å². The Morgan fingerprint density at radius 2 is 1.54 bits per heavy atom. The molecule has 2 aromatic rings. The SMILES string of the molecule is COc1cc(C)c(C(=O)NC(C(=O)O)c2ccc(C)c(C)c2)cc1OC. The second-order valence-electron chi connectivity index (χ2n) is 6.11. The molecule has 2 N–H and O–H groups in total. The van der Waals surface area contributed by atoms with Gasteiger partial charge in [-0.2, -0.15) is 0 Å². The minimum atomic E-state index is -1.14. The van der Waals surface area contributed by atoms with E-state index in [1.54, 1.807) is 31.2 Å². The van der Waals surface area contributed by atoms with E-state index in [-0.39, 0.29) is 0 Å². The van der Waals surface area contributed by atoms with Gasteiger partial charge in [-0.25, -0.2) is 4.79 Å². The molecule has 0 radical (unpaired) electrons. The highest BCUT2D eigenvalue weighted by Crippen LogP contribution is 2.30. The number of aliphatic carboxylic acids is 1. The van der Waals surface area contributed by atoms with Crippen LogP contribution in [0.2, 0.25) is 0 Å². The van der Waals surface area contributed by atoms with Gasteiger partial charge in [-0.3, -0.25) is 4.79 Å². The van der Waals surface area contributed by atoms with Gasteiger partial charge < -0.3 is 19.9 Å². The van der Waals surface area contributed by atoms with Crippen molar-refractivity contribution in [2.24, 2.45) is 0 Å². The largest absolute Gasteiger partial charge is 0.493 e. The van der Waals surface area contributed by atoms with Gasteiger partial charge in [0.2, 0.25) is 0 Å². The van der Waals surface area contributed by atoms with Crippen LogP contribution in [0.1, 0.15) is 38.7 Å². The normalized spacial score (nSPS) is 11.6. The predicted octanol–water partition coefficient (Wildman–Crippen LogP) is 3.18. The lowest BCUT2D eigenvalue weighted by Crippen LogP contribution is -2.34. The summed E-state index contributed by atoms with van der Waals surface area (Å²) in [7, 11) is 2.99. The molecule has 0 saturated carbocycles. The molecule has 0 bridgehead atoms. The van der Waals surface area contributed by atoms with Crippen LogP contribution in [-0.4, -0.2) is 31.2 Å². The van der Waals surface area contributed by atoms with Gasteiger partial charge in [0.05, 0.1) is 14.2 Å². The summed E-state index contributed by atoms with van der Waals surface area (Å²) in [5, 5.41) is 12.2. The number of carbonyl (C=O) groups excluding carboxylic acids is 1. The van der Waals surface area contributed by atoms with E-state index >= 15 is 0 Å². The zero-order chi connectivity index (χ0) is 19.4. The predicted molar refractivity (Wildman–Crippen MR) is 98.0 cm³/mol. The molecule has 1 unspecified atom stereocenters. The summed E-state index contributed by atoms with van der Waals surface area (Å²) in [6.45, 7) is 5.60. The molecule has 2 rings (SSSR count). The van der Waals surface area contributed by atoms with Gasteiger partial charge in [0, 0.05) is 5.56 Å². The van der Waals surface area contributed by atoms with Crippen molar-refractivity contribution in [2.45, 2.75) is 26.8 Å². The molecule has 0 aliphatic carbocycles. The van der Waals surface area contributed by atoms with Gasteiger partial charge in [0.25, 0.3) is 5.91 Å². The monoisotopic (exact) mass is 357 g/mol. The molecule has 1 atom stereocenters. The van der Waals surface area contributed by atoms with Gasteiger partial charge in [-0.05, 0) is 55.2 Å². The van der Waals surface area contributed by atoms with Crippen LogP contribution in [0, 0.1) is 20.8 Å². The maximum Gasteiger partial charge on any atom is 0.330 e. The van der Waals surface area contributed by atoms with E-state index in [0.717, 1.165) is 11.1 Å². The molecule has 0 aromatic heterocycles. The zero-order valence-corrected chi connectivity index (χ0v) is 15.5. The first-order chi connectivity index (χ1) is 12.3. The van der Waals surface area contributed by atoms with Crippen molar-refractivity contribution in [3.05, 3.63) is 58.1 Å². The van der Waals surface area contributed by atoms with Crippen LogP contribution in [0.3, 0.4) is 0 Å². The van der Waals surface area contributed by atoms with Crippen LogP contribution in [0.4, 0.5) is 0 Å². The third kappa shape index (κ3) is 3.96. The number of aryl methyl sites for hydroxylation is 3. The Morgan fingerprint density at radius 3 is 2.08 bits per heavy atom. The molecule has 0 saturated heterocycles. The van der Waals surface area contributed by atoms with Gasteiger partial charge in [0.1, 0.15) is 0 Å². The zero-order valence-electron chi connectivity index (χ0n) is 15.5. The Labute approximate surface area is 152 Å². The van der Waals surface area contributed by atoms with E-state index in [2.05, 4.69) is 5.32 Å². The number of amides is 1. The van der Waals surface area contributed by atoms with Crippen LogP contribution in [0.5, 0.6) is 11.5 Å². The summed E-state index contributed by atoms with van der Waals surface area (Å²) in [5.41, 5.74) is 3.53. The second-order valence-corrected chi connectivity index (χ2v) is 6.11. The molecule has 6 heteroatoms. The Morgan fingerprint density at radius 1 is 0.923 bits per heavy atom. The highest BCUT2D eigenvalue weighted by atomic mass is 16.5. The minimum absolute atomic E-state index is 0.331. The summed E-state index contributed by atoms with van der Waals surface area (Å²) in [6.07, 6.45) is 0. The van der Waals surface area contributed by atoms with E-state index in [9.17, 15) is 14.7 Å². The number of hydrogen-bond acceptors (Lipinski definition) is 4. The van der Waals surface area contributed by atoms with Crippen LogP contribution in [0.25, 0.3) is 0 Å². The molecule has 26 heavy (non-hydrogen) atoms. The number of carbonyl (C=O) groups is 2. The van der Waals surface area contributed by atoms with Crippen LogP contribution < -0.4 is 14.8 Å². The number of hydrogen-bond donors (Lipinski definition) is 2. The molecule has 0 heterocycles. The molecule has 138 valence electrons. The molecule has 0 aliphatic heterocycles. The Balaban J connectivity index is 2.36. The number of methoxy groups -OCH3 is 2. The van der Waals surface area contributed by atoms with Crippen LogP contribution in [-0.2, 0) is 4.79 Å². The number of ether oxygens (including phenoxy) is 2. The number of nitrogens with one attached hydrogen (secondary N) is 1. The quantitative estimate of drug-likeness (QED) is 0.829. The van der Waals surface area contributed by atoms with Crippen LogP contribution in [0.15, 0.2) is 30.3 Å². The highest BCUT2D eigenvalue weighted by Gasteiger charge is 2.24. The average molecular weight is 357 g/mol. The lowest BCUT2D eigenvalue weighted by molar-refractivity contribution is -0.139. The second kappa shape index (κ2) is 7.91. The maximum absolute atomic E-state index is 12.7. The molecular weight excluding hydrogens is 334 g/mol. The highest BCUT2D eigenvalue weighted by molar-refractivity contribution is 5.98. The van der Waals surface area contributed by atoms with Gasteiger partial charge in [-0.15, -0.1) is 0 Å². The van der Waals surface area contributed by atoms with Crippen molar-refractivity contribution >= 4 is 11.9 Å². The minimum Gasteiger partial charge on any atom is -0.493 e. The molecular formula is C20H23NO5. The Hall–Kier alpha value is -3.02. The summed E-state index contributed by atoms with van der Waals surface area (Å²) in [6, 6.07) is 7.41. The van der Waals surface area contributed by atoms with E-state index in [0.29, 0.717) is 28.2 Å². The van der Waals surface area contributed by atoms with E-state index in [1.807, 2.05) is 19.9 Å².